The lowest BCUT2D eigenvalue weighted by Crippen LogP contribution is -2.44. The zero-order chi connectivity index (χ0) is 16.7. The van der Waals surface area contributed by atoms with Gasteiger partial charge in [0, 0.05) is 36.7 Å². The molecule has 1 amide bonds. The number of nitrogens with zero attached hydrogens (tertiary/aromatic N) is 2. The molecular formula is C18H18FN3O2. The fourth-order valence-corrected chi connectivity index (χ4v) is 4.13. The van der Waals surface area contributed by atoms with E-state index in [1.54, 1.807) is 4.90 Å². The summed E-state index contributed by atoms with van der Waals surface area (Å²) in [6, 6.07) is 11.2. The molecule has 1 atom stereocenters. The summed E-state index contributed by atoms with van der Waals surface area (Å²) in [4.78, 5) is 32.2. The maximum absolute atomic E-state index is 13.6. The van der Waals surface area contributed by atoms with Gasteiger partial charge >= 0.3 is 0 Å². The number of alkyl halides is 1. The molecule has 1 aliphatic heterocycles. The Hall–Kier alpha value is -2.50. The van der Waals surface area contributed by atoms with Crippen LogP contribution in [0.3, 0.4) is 0 Å². The van der Waals surface area contributed by atoms with E-state index < -0.39 is 6.17 Å². The fourth-order valence-electron chi connectivity index (χ4n) is 4.13. The highest BCUT2D eigenvalue weighted by atomic mass is 19.1. The molecule has 1 saturated carbocycles. The van der Waals surface area contributed by atoms with Crippen LogP contribution in [-0.2, 0) is 0 Å². The van der Waals surface area contributed by atoms with Gasteiger partial charge in [-0.2, -0.15) is 0 Å². The summed E-state index contributed by atoms with van der Waals surface area (Å²) >= 11 is 0. The first-order chi connectivity index (χ1) is 11.6. The van der Waals surface area contributed by atoms with Gasteiger partial charge in [-0.25, -0.2) is 9.37 Å². The van der Waals surface area contributed by atoms with Crippen LogP contribution in [0.2, 0.25) is 0 Å². The molecule has 2 aliphatic rings. The van der Waals surface area contributed by atoms with E-state index in [1.807, 2.05) is 30.3 Å². The van der Waals surface area contributed by atoms with Crippen LogP contribution in [0.4, 0.5) is 4.39 Å². The standard InChI is InChI=1S/C18H18FN3O2/c19-13-8-18(9-13)11-22(10-14(18)12-4-2-1-3-5-12)17(24)16-20-7-6-15(23)21-16/h1-7,13-14H,8-11H2,(H,20,21,23). The van der Waals surface area contributed by atoms with Crippen molar-refractivity contribution in [3.8, 4) is 0 Å². The molecule has 1 N–H and O–H groups in total. The van der Waals surface area contributed by atoms with Gasteiger partial charge < -0.3 is 9.88 Å². The lowest BCUT2D eigenvalue weighted by Gasteiger charge is -2.45. The molecular weight excluding hydrogens is 309 g/mol. The van der Waals surface area contributed by atoms with Gasteiger partial charge in [-0.05, 0) is 18.4 Å². The molecule has 1 aromatic carbocycles. The third-order valence-corrected chi connectivity index (χ3v) is 5.27. The molecule has 1 unspecified atom stereocenters. The van der Waals surface area contributed by atoms with Crippen LogP contribution < -0.4 is 5.56 Å². The minimum Gasteiger partial charge on any atom is -0.335 e. The third-order valence-electron chi connectivity index (χ3n) is 5.27. The highest BCUT2D eigenvalue weighted by Crippen LogP contribution is 2.56. The van der Waals surface area contributed by atoms with E-state index in [4.69, 9.17) is 0 Å². The van der Waals surface area contributed by atoms with Crippen molar-refractivity contribution < 1.29 is 9.18 Å². The Labute approximate surface area is 138 Å². The second-order valence-electron chi connectivity index (χ2n) is 6.80. The number of aromatic nitrogens is 2. The summed E-state index contributed by atoms with van der Waals surface area (Å²) in [7, 11) is 0. The number of aromatic amines is 1. The SMILES string of the molecule is O=C(c1nccc(=O)[nH]1)N1CC(c2ccccc2)C2(CC(F)C2)C1. The predicted octanol–water partition coefficient (Wildman–Crippen LogP) is 2.13. The van der Waals surface area contributed by atoms with E-state index in [1.165, 1.54) is 12.3 Å². The first-order valence-corrected chi connectivity index (χ1v) is 8.11. The van der Waals surface area contributed by atoms with Gasteiger partial charge in [-0.15, -0.1) is 0 Å². The van der Waals surface area contributed by atoms with E-state index in [9.17, 15) is 14.0 Å². The first-order valence-electron chi connectivity index (χ1n) is 8.11. The van der Waals surface area contributed by atoms with Gasteiger partial charge in [0.15, 0.2) is 5.82 Å². The Morgan fingerprint density at radius 3 is 2.67 bits per heavy atom. The number of amides is 1. The smallest absolute Gasteiger partial charge is 0.289 e. The molecule has 2 aromatic rings. The van der Waals surface area contributed by atoms with Crippen molar-refractivity contribution in [2.45, 2.75) is 24.9 Å². The van der Waals surface area contributed by atoms with Crippen LogP contribution >= 0.6 is 0 Å². The van der Waals surface area contributed by atoms with E-state index in [-0.39, 0.29) is 28.6 Å². The highest BCUT2D eigenvalue weighted by molar-refractivity contribution is 5.90. The molecule has 1 aromatic heterocycles. The number of carbonyl (C=O) groups is 1. The zero-order valence-corrected chi connectivity index (χ0v) is 13.1. The van der Waals surface area contributed by atoms with Crippen molar-refractivity contribution in [2.75, 3.05) is 13.1 Å². The second kappa shape index (κ2) is 5.54. The summed E-state index contributed by atoms with van der Waals surface area (Å²) in [5.41, 5.74) is 0.578. The van der Waals surface area contributed by atoms with Crippen LogP contribution in [0.25, 0.3) is 0 Å². The number of hydrogen-bond donors (Lipinski definition) is 1. The Morgan fingerprint density at radius 2 is 2.00 bits per heavy atom. The van der Waals surface area contributed by atoms with Crippen LogP contribution in [0.15, 0.2) is 47.4 Å². The van der Waals surface area contributed by atoms with Crippen molar-refractivity contribution in [1.82, 2.24) is 14.9 Å². The second-order valence-corrected chi connectivity index (χ2v) is 6.80. The molecule has 24 heavy (non-hydrogen) atoms. The van der Waals surface area contributed by atoms with Crippen molar-refractivity contribution in [2.24, 2.45) is 5.41 Å². The number of rotatable bonds is 2. The maximum Gasteiger partial charge on any atom is 0.289 e. The van der Waals surface area contributed by atoms with E-state index in [0.717, 1.165) is 5.56 Å². The van der Waals surface area contributed by atoms with Crippen LogP contribution in [0.5, 0.6) is 0 Å². The molecule has 4 rings (SSSR count). The van der Waals surface area contributed by atoms with Gasteiger partial charge in [0.1, 0.15) is 6.17 Å². The predicted molar refractivity (Wildman–Crippen MR) is 86.5 cm³/mol. The maximum atomic E-state index is 13.6. The molecule has 1 saturated heterocycles. The molecule has 5 nitrogen and oxygen atoms in total. The molecule has 2 fully saturated rings. The Kier molecular flexibility index (Phi) is 3.48. The van der Waals surface area contributed by atoms with Gasteiger partial charge in [0.2, 0.25) is 0 Å². The summed E-state index contributed by atoms with van der Waals surface area (Å²) in [6.45, 7) is 1.03. The molecule has 1 aliphatic carbocycles. The van der Waals surface area contributed by atoms with Crippen LogP contribution in [0.1, 0.15) is 34.9 Å². The number of hydrogen-bond acceptors (Lipinski definition) is 3. The lowest BCUT2D eigenvalue weighted by molar-refractivity contribution is 0.0204. The normalized spacial score (nSPS) is 28.8. The van der Waals surface area contributed by atoms with Crippen LogP contribution in [-0.4, -0.2) is 40.0 Å². The number of halogens is 1. The van der Waals surface area contributed by atoms with Crippen molar-refractivity contribution >= 4 is 5.91 Å². The molecule has 2 heterocycles. The topological polar surface area (TPSA) is 66.1 Å². The van der Waals surface area contributed by atoms with E-state index in [2.05, 4.69) is 9.97 Å². The molecule has 0 bridgehead atoms. The number of likely N-dealkylation sites (tertiary alicyclic amines) is 1. The quantitative estimate of drug-likeness (QED) is 0.919. The van der Waals surface area contributed by atoms with E-state index in [0.29, 0.717) is 25.9 Å². The Morgan fingerprint density at radius 1 is 1.25 bits per heavy atom. The summed E-state index contributed by atoms with van der Waals surface area (Å²) in [5.74, 6) is -0.139. The van der Waals surface area contributed by atoms with Gasteiger partial charge in [-0.3, -0.25) is 9.59 Å². The Bertz CT molecular complexity index is 814. The monoisotopic (exact) mass is 327 g/mol. The minimum absolute atomic E-state index is 0.0440. The third kappa shape index (κ3) is 2.42. The molecule has 0 radical (unpaired) electrons. The summed E-state index contributed by atoms with van der Waals surface area (Å²) in [5, 5.41) is 0. The average molecular weight is 327 g/mol. The molecule has 6 heteroatoms. The van der Waals surface area contributed by atoms with Gasteiger partial charge in [0.25, 0.3) is 11.5 Å². The summed E-state index contributed by atoms with van der Waals surface area (Å²) < 4.78 is 13.6. The van der Waals surface area contributed by atoms with Crippen molar-refractivity contribution in [3.63, 3.8) is 0 Å². The van der Waals surface area contributed by atoms with Crippen molar-refractivity contribution in [3.05, 3.63) is 64.3 Å². The minimum atomic E-state index is -0.791. The van der Waals surface area contributed by atoms with Gasteiger partial charge in [0.05, 0.1) is 0 Å². The van der Waals surface area contributed by atoms with E-state index >= 15 is 0 Å². The molecule has 124 valence electrons. The first kappa shape index (κ1) is 15.1. The number of H-pyrrole nitrogens is 1. The fraction of sp³-hybridized carbons (Fsp3) is 0.389. The van der Waals surface area contributed by atoms with Crippen LogP contribution in [0, 0.1) is 5.41 Å². The zero-order valence-electron chi connectivity index (χ0n) is 13.1. The largest absolute Gasteiger partial charge is 0.335 e. The number of nitrogens with one attached hydrogen (secondary N) is 1. The average Bonchev–Trinajstić information content (AvgIpc) is 2.95. The van der Waals surface area contributed by atoms with Crippen molar-refractivity contribution in [1.29, 1.82) is 0 Å². The number of benzene rings is 1. The highest BCUT2D eigenvalue weighted by Gasteiger charge is 2.56. The number of carbonyl (C=O) groups excluding carboxylic acids is 1. The Balaban J connectivity index is 1.63. The summed E-state index contributed by atoms with van der Waals surface area (Å²) in [6.07, 6.45) is 1.50. The molecule has 1 spiro atoms. The lowest BCUT2D eigenvalue weighted by atomic mass is 9.60. The van der Waals surface area contributed by atoms with Gasteiger partial charge in [-0.1, -0.05) is 30.3 Å².